The fourth-order valence-corrected chi connectivity index (χ4v) is 4.18. The first-order chi connectivity index (χ1) is 16.0. The highest BCUT2D eigenvalue weighted by Crippen LogP contribution is 2.21. The summed E-state index contributed by atoms with van der Waals surface area (Å²) in [6.07, 6.45) is 4.69. The van der Waals surface area contributed by atoms with E-state index >= 15 is 0 Å². The Morgan fingerprint density at radius 2 is 1.82 bits per heavy atom. The van der Waals surface area contributed by atoms with Gasteiger partial charge in [0.25, 0.3) is 0 Å². The van der Waals surface area contributed by atoms with Crippen LogP contribution in [0.5, 0.6) is 0 Å². The summed E-state index contributed by atoms with van der Waals surface area (Å²) in [5, 5.41) is 7.09. The van der Waals surface area contributed by atoms with Crippen LogP contribution in [0.3, 0.4) is 0 Å². The van der Waals surface area contributed by atoms with Crippen LogP contribution in [0.25, 0.3) is 11.1 Å². The lowest BCUT2D eigenvalue weighted by molar-refractivity contribution is -0.138. The van der Waals surface area contributed by atoms with Gasteiger partial charge in [-0.05, 0) is 28.7 Å². The Balaban J connectivity index is 1.37. The number of aromatic nitrogens is 2. The molecule has 0 saturated carbocycles. The number of benzene rings is 2. The van der Waals surface area contributed by atoms with Crippen molar-refractivity contribution in [2.75, 3.05) is 26.7 Å². The molecule has 1 saturated heterocycles. The molecule has 2 amide bonds. The molecule has 1 fully saturated rings. The first-order valence-electron chi connectivity index (χ1n) is 11.4. The Morgan fingerprint density at radius 1 is 1.09 bits per heavy atom. The van der Waals surface area contributed by atoms with Crippen LogP contribution in [0.2, 0.25) is 0 Å². The summed E-state index contributed by atoms with van der Waals surface area (Å²) in [7, 11) is 3.68. The van der Waals surface area contributed by atoms with Crippen molar-refractivity contribution in [2.45, 2.75) is 25.4 Å². The number of rotatable bonds is 8. The van der Waals surface area contributed by atoms with Gasteiger partial charge in [0.2, 0.25) is 11.8 Å². The fourth-order valence-electron chi connectivity index (χ4n) is 4.18. The van der Waals surface area contributed by atoms with Gasteiger partial charge < -0.3 is 10.2 Å². The van der Waals surface area contributed by atoms with E-state index in [1.807, 2.05) is 37.6 Å². The lowest BCUT2D eigenvalue weighted by Gasteiger charge is -2.35. The third-order valence-electron chi connectivity index (χ3n) is 6.18. The van der Waals surface area contributed by atoms with Crippen LogP contribution in [0.1, 0.15) is 17.5 Å². The Labute approximate surface area is 195 Å². The molecule has 1 aromatic heterocycles. The summed E-state index contributed by atoms with van der Waals surface area (Å²) in [5.74, 6) is -0.0958. The molecule has 1 aliphatic rings. The monoisotopic (exact) mass is 445 g/mol. The molecule has 33 heavy (non-hydrogen) atoms. The molecule has 0 radical (unpaired) electrons. The molecule has 4 rings (SSSR count). The van der Waals surface area contributed by atoms with Gasteiger partial charge in [0.15, 0.2) is 0 Å². The maximum absolute atomic E-state index is 12.9. The van der Waals surface area contributed by atoms with E-state index in [1.54, 1.807) is 16.6 Å². The zero-order chi connectivity index (χ0) is 23.2. The van der Waals surface area contributed by atoms with Crippen LogP contribution in [0.4, 0.5) is 0 Å². The normalized spacial score (nSPS) is 16.4. The number of piperazine rings is 1. The van der Waals surface area contributed by atoms with Crippen LogP contribution < -0.4 is 5.32 Å². The highest BCUT2D eigenvalue weighted by atomic mass is 16.2. The van der Waals surface area contributed by atoms with E-state index in [2.05, 4.69) is 51.7 Å². The summed E-state index contributed by atoms with van der Waals surface area (Å²) in [6.45, 7) is 2.56. The van der Waals surface area contributed by atoms with Crippen LogP contribution in [-0.2, 0) is 29.6 Å². The zero-order valence-electron chi connectivity index (χ0n) is 19.3. The number of likely N-dealkylation sites (N-methyl/N-ethyl adjacent to an activating group) is 1. The molecule has 1 atom stereocenters. The zero-order valence-corrected chi connectivity index (χ0v) is 19.3. The molecule has 7 nitrogen and oxygen atoms in total. The number of hydrogen-bond acceptors (Lipinski definition) is 4. The lowest BCUT2D eigenvalue weighted by Crippen LogP contribution is -2.56. The summed E-state index contributed by atoms with van der Waals surface area (Å²) >= 11 is 0. The molecule has 0 aliphatic carbocycles. The van der Waals surface area contributed by atoms with Crippen LogP contribution in [0, 0.1) is 0 Å². The molecule has 2 aromatic carbocycles. The Kier molecular flexibility index (Phi) is 7.19. The number of carbonyl (C=O) groups excluding carboxylic acids is 2. The number of amides is 2. The summed E-state index contributed by atoms with van der Waals surface area (Å²) in [5.41, 5.74) is 4.57. The highest BCUT2D eigenvalue weighted by molar-refractivity contribution is 5.88. The van der Waals surface area contributed by atoms with E-state index in [9.17, 15) is 9.59 Å². The molecule has 7 heteroatoms. The first kappa shape index (κ1) is 22.7. The molecular weight excluding hydrogens is 414 g/mol. The third-order valence-corrected chi connectivity index (χ3v) is 6.18. The lowest BCUT2D eigenvalue weighted by atomic mass is 10.0. The van der Waals surface area contributed by atoms with Gasteiger partial charge in [-0.2, -0.15) is 5.10 Å². The van der Waals surface area contributed by atoms with Gasteiger partial charge in [0, 0.05) is 46.5 Å². The molecule has 1 N–H and O–H groups in total. The van der Waals surface area contributed by atoms with Gasteiger partial charge in [0.05, 0.1) is 18.7 Å². The maximum atomic E-state index is 12.9. The Bertz CT molecular complexity index is 1080. The first-order valence-corrected chi connectivity index (χ1v) is 11.4. The van der Waals surface area contributed by atoms with Crippen molar-refractivity contribution in [3.05, 3.63) is 78.1 Å². The second kappa shape index (κ2) is 10.4. The second-order valence-electron chi connectivity index (χ2n) is 8.63. The van der Waals surface area contributed by atoms with E-state index < -0.39 is 6.04 Å². The molecule has 3 aromatic rings. The van der Waals surface area contributed by atoms with Crippen molar-refractivity contribution in [3.63, 3.8) is 0 Å². The molecule has 0 spiro atoms. The number of hydrogen-bond donors (Lipinski definition) is 1. The van der Waals surface area contributed by atoms with Crippen molar-refractivity contribution < 1.29 is 9.59 Å². The minimum absolute atomic E-state index is 0.0228. The topological polar surface area (TPSA) is 70.5 Å². The van der Waals surface area contributed by atoms with Gasteiger partial charge in [-0.3, -0.25) is 19.2 Å². The largest absolute Gasteiger partial charge is 0.353 e. The molecule has 1 unspecified atom stereocenters. The van der Waals surface area contributed by atoms with E-state index in [-0.39, 0.29) is 18.2 Å². The summed E-state index contributed by atoms with van der Waals surface area (Å²) in [4.78, 5) is 29.3. The minimum Gasteiger partial charge on any atom is -0.353 e. The van der Waals surface area contributed by atoms with E-state index in [0.29, 0.717) is 19.6 Å². The van der Waals surface area contributed by atoms with Gasteiger partial charge >= 0.3 is 0 Å². The van der Waals surface area contributed by atoms with Crippen LogP contribution in [-0.4, -0.2) is 64.1 Å². The predicted molar refractivity (Wildman–Crippen MR) is 128 cm³/mol. The van der Waals surface area contributed by atoms with Gasteiger partial charge in [-0.1, -0.05) is 54.6 Å². The summed E-state index contributed by atoms with van der Waals surface area (Å²) < 4.78 is 1.76. The van der Waals surface area contributed by atoms with Gasteiger partial charge in [0.1, 0.15) is 0 Å². The number of nitrogens with one attached hydrogen (secondary N) is 1. The Morgan fingerprint density at radius 3 is 2.52 bits per heavy atom. The highest BCUT2D eigenvalue weighted by Gasteiger charge is 2.32. The molecule has 1 aliphatic heterocycles. The molecule has 2 heterocycles. The Hall–Kier alpha value is -3.45. The van der Waals surface area contributed by atoms with Crippen molar-refractivity contribution in [1.82, 2.24) is 24.9 Å². The predicted octanol–water partition coefficient (Wildman–Crippen LogP) is 2.48. The van der Waals surface area contributed by atoms with Crippen LogP contribution in [0.15, 0.2) is 67.0 Å². The minimum atomic E-state index is -0.458. The maximum Gasteiger partial charge on any atom is 0.237 e. The van der Waals surface area contributed by atoms with Crippen molar-refractivity contribution in [2.24, 2.45) is 7.05 Å². The number of aryl methyl sites for hydroxylation is 1. The van der Waals surface area contributed by atoms with E-state index in [4.69, 9.17) is 0 Å². The summed E-state index contributed by atoms with van der Waals surface area (Å²) in [6, 6.07) is 18.2. The number of carbonyl (C=O) groups is 2. The molecule has 172 valence electrons. The van der Waals surface area contributed by atoms with E-state index in [0.717, 1.165) is 29.7 Å². The SMILES string of the molecule is CN(CCc1cnn(C)c1)C(=O)CC1C(=O)NCCN1Cc1ccc(-c2ccccc2)cc1. The fraction of sp³-hybridized carbons (Fsp3) is 0.346. The average Bonchev–Trinajstić information content (AvgIpc) is 3.25. The van der Waals surface area contributed by atoms with Gasteiger partial charge in [-0.25, -0.2) is 0 Å². The average molecular weight is 446 g/mol. The smallest absolute Gasteiger partial charge is 0.237 e. The second-order valence-corrected chi connectivity index (χ2v) is 8.63. The van der Waals surface area contributed by atoms with Crippen LogP contribution >= 0.6 is 0 Å². The molecular formula is C26H31N5O2. The number of nitrogens with zero attached hydrogens (tertiary/aromatic N) is 4. The standard InChI is InChI=1S/C26H31N5O2/c1-29(14-12-21-17-28-30(2)18-21)25(32)16-24-26(33)27-13-15-31(24)19-20-8-10-23(11-9-20)22-6-4-3-5-7-22/h3-11,17-18,24H,12-16,19H2,1-2H3,(H,27,33). The van der Waals surface area contributed by atoms with Crippen molar-refractivity contribution >= 4 is 11.8 Å². The quantitative estimate of drug-likeness (QED) is 0.578. The van der Waals surface area contributed by atoms with E-state index in [1.165, 1.54) is 5.56 Å². The van der Waals surface area contributed by atoms with Crippen molar-refractivity contribution in [3.8, 4) is 11.1 Å². The third kappa shape index (κ3) is 5.87. The van der Waals surface area contributed by atoms with Gasteiger partial charge in [-0.15, -0.1) is 0 Å². The van der Waals surface area contributed by atoms with Crippen molar-refractivity contribution in [1.29, 1.82) is 0 Å². The molecule has 0 bridgehead atoms.